The third kappa shape index (κ3) is 3.31. The predicted octanol–water partition coefficient (Wildman–Crippen LogP) is 1.59. The zero-order valence-electron chi connectivity index (χ0n) is 12.1. The van der Waals surface area contributed by atoms with Crippen molar-refractivity contribution in [1.29, 1.82) is 0 Å². The van der Waals surface area contributed by atoms with E-state index in [1.807, 2.05) is 18.2 Å². The average molecular weight is 293 g/mol. The van der Waals surface area contributed by atoms with Gasteiger partial charge in [0.05, 0.1) is 6.10 Å². The van der Waals surface area contributed by atoms with Crippen molar-refractivity contribution in [2.45, 2.75) is 37.8 Å². The van der Waals surface area contributed by atoms with Crippen LogP contribution in [0.3, 0.4) is 0 Å². The molecule has 0 radical (unpaired) electrons. The van der Waals surface area contributed by atoms with Crippen LogP contribution in [0.25, 0.3) is 0 Å². The highest BCUT2D eigenvalue weighted by Gasteiger charge is 2.25. The number of rotatable bonds is 5. The summed E-state index contributed by atoms with van der Waals surface area (Å²) in [5, 5.41) is 23.1. The van der Waals surface area contributed by atoms with Crippen LogP contribution in [0.4, 0.5) is 0 Å². The van der Waals surface area contributed by atoms with Crippen molar-refractivity contribution in [2.75, 3.05) is 19.9 Å². The Labute approximate surface area is 124 Å². The zero-order chi connectivity index (χ0) is 14.7. The summed E-state index contributed by atoms with van der Waals surface area (Å²) in [6.45, 7) is 0.950. The SMILES string of the molecule is OCC1CCCCC1NCC(O)c1ccc2c(c1)OCO2. The summed E-state index contributed by atoms with van der Waals surface area (Å²) in [5.74, 6) is 1.73. The smallest absolute Gasteiger partial charge is 0.231 e. The Morgan fingerprint density at radius 3 is 2.86 bits per heavy atom. The fraction of sp³-hybridized carbons (Fsp3) is 0.625. The van der Waals surface area contributed by atoms with E-state index in [1.165, 1.54) is 12.8 Å². The number of ether oxygens (including phenoxy) is 2. The molecule has 21 heavy (non-hydrogen) atoms. The van der Waals surface area contributed by atoms with Crippen LogP contribution < -0.4 is 14.8 Å². The van der Waals surface area contributed by atoms with Crippen molar-refractivity contribution < 1.29 is 19.7 Å². The quantitative estimate of drug-likeness (QED) is 0.769. The molecule has 116 valence electrons. The molecule has 0 saturated heterocycles. The molecule has 1 aliphatic heterocycles. The Balaban J connectivity index is 1.57. The Kier molecular flexibility index (Phi) is 4.63. The number of nitrogens with one attached hydrogen (secondary N) is 1. The summed E-state index contributed by atoms with van der Waals surface area (Å²) in [5.41, 5.74) is 0.822. The molecule has 3 rings (SSSR count). The number of fused-ring (bicyclic) bond motifs is 1. The van der Waals surface area contributed by atoms with Gasteiger partial charge in [-0.1, -0.05) is 18.9 Å². The van der Waals surface area contributed by atoms with Gasteiger partial charge in [0.1, 0.15) is 0 Å². The van der Waals surface area contributed by atoms with Crippen molar-refractivity contribution in [3.05, 3.63) is 23.8 Å². The number of aliphatic hydroxyl groups is 2. The normalized spacial score (nSPS) is 25.8. The summed E-state index contributed by atoms with van der Waals surface area (Å²) < 4.78 is 10.6. The Bertz CT molecular complexity index is 479. The number of benzene rings is 1. The minimum absolute atomic E-state index is 0.220. The van der Waals surface area contributed by atoms with Crippen LogP contribution in [0.15, 0.2) is 18.2 Å². The first-order valence-electron chi connectivity index (χ1n) is 7.70. The standard InChI is InChI=1S/C16H23NO4/c18-9-12-3-1-2-4-13(12)17-8-14(19)11-5-6-15-16(7-11)21-10-20-15/h5-7,12-14,17-19H,1-4,8-10H2. The fourth-order valence-electron chi connectivity index (χ4n) is 3.20. The molecule has 5 nitrogen and oxygen atoms in total. The maximum absolute atomic E-state index is 10.3. The van der Waals surface area contributed by atoms with Gasteiger partial charge in [-0.05, 0) is 36.5 Å². The maximum Gasteiger partial charge on any atom is 0.231 e. The molecule has 1 aromatic rings. The molecule has 1 saturated carbocycles. The molecule has 0 bridgehead atoms. The molecule has 0 spiro atoms. The zero-order valence-corrected chi connectivity index (χ0v) is 12.1. The third-order valence-corrected chi connectivity index (χ3v) is 4.50. The van der Waals surface area contributed by atoms with Gasteiger partial charge >= 0.3 is 0 Å². The summed E-state index contributed by atoms with van der Waals surface area (Å²) in [6.07, 6.45) is 3.93. The molecule has 3 N–H and O–H groups in total. The van der Waals surface area contributed by atoms with Crippen molar-refractivity contribution >= 4 is 0 Å². The van der Waals surface area contributed by atoms with Gasteiger partial charge in [-0.15, -0.1) is 0 Å². The molecule has 1 heterocycles. The van der Waals surface area contributed by atoms with E-state index in [2.05, 4.69) is 5.32 Å². The van der Waals surface area contributed by atoms with Crippen LogP contribution in [-0.4, -0.2) is 36.2 Å². The molecule has 0 amide bonds. The molecule has 1 fully saturated rings. The second kappa shape index (κ2) is 6.64. The van der Waals surface area contributed by atoms with Gasteiger partial charge in [0.25, 0.3) is 0 Å². The van der Waals surface area contributed by atoms with Crippen LogP contribution in [0.2, 0.25) is 0 Å². The highest BCUT2D eigenvalue weighted by atomic mass is 16.7. The van der Waals surface area contributed by atoms with Gasteiger partial charge < -0.3 is 25.0 Å². The van der Waals surface area contributed by atoms with Gasteiger partial charge in [0, 0.05) is 19.2 Å². The largest absolute Gasteiger partial charge is 0.454 e. The van der Waals surface area contributed by atoms with Crippen LogP contribution >= 0.6 is 0 Å². The average Bonchev–Trinajstić information content (AvgIpc) is 3.00. The molecule has 1 aromatic carbocycles. The lowest BCUT2D eigenvalue weighted by atomic mass is 9.85. The highest BCUT2D eigenvalue weighted by Crippen LogP contribution is 2.34. The van der Waals surface area contributed by atoms with Crippen LogP contribution in [-0.2, 0) is 0 Å². The fourth-order valence-corrected chi connectivity index (χ4v) is 3.20. The van der Waals surface area contributed by atoms with Crippen molar-refractivity contribution in [1.82, 2.24) is 5.32 Å². The van der Waals surface area contributed by atoms with E-state index in [0.717, 1.165) is 24.2 Å². The first-order valence-corrected chi connectivity index (χ1v) is 7.70. The minimum atomic E-state index is -0.583. The van der Waals surface area contributed by atoms with Crippen molar-refractivity contribution in [3.8, 4) is 11.5 Å². The Hall–Kier alpha value is -1.30. The molecule has 5 heteroatoms. The lowest BCUT2D eigenvalue weighted by Crippen LogP contribution is -2.41. The summed E-state index contributed by atoms with van der Waals surface area (Å²) in [4.78, 5) is 0. The van der Waals surface area contributed by atoms with E-state index in [4.69, 9.17) is 9.47 Å². The minimum Gasteiger partial charge on any atom is -0.454 e. The summed E-state index contributed by atoms with van der Waals surface area (Å²) >= 11 is 0. The molecule has 0 aromatic heterocycles. The molecule has 3 unspecified atom stereocenters. The lowest BCUT2D eigenvalue weighted by Gasteiger charge is -2.31. The molecular formula is C16H23NO4. The van der Waals surface area contributed by atoms with Crippen molar-refractivity contribution in [2.24, 2.45) is 5.92 Å². The molecule has 1 aliphatic carbocycles. The van der Waals surface area contributed by atoms with E-state index in [9.17, 15) is 10.2 Å². The van der Waals surface area contributed by atoms with E-state index in [1.54, 1.807) is 0 Å². The number of hydrogen-bond acceptors (Lipinski definition) is 5. The maximum atomic E-state index is 10.3. The third-order valence-electron chi connectivity index (χ3n) is 4.50. The van der Waals surface area contributed by atoms with Crippen LogP contribution in [0.5, 0.6) is 11.5 Å². The van der Waals surface area contributed by atoms with Crippen LogP contribution in [0, 0.1) is 5.92 Å². The highest BCUT2D eigenvalue weighted by molar-refractivity contribution is 5.45. The Morgan fingerprint density at radius 1 is 1.19 bits per heavy atom. The van der Waals surface area contributed by atoms with Crippen molar-refractivity contribution in [3.63, 3.8) is 0 Å². The topological polar surface area (TPSA) is 71.0 Å². The predicted molar refractivity (Wildman–Crippen MR) is 78.4 cm³/mol. The number of hydrogen-bond donors (Lipinski definition) is 3. The molecular weight excluding hydrogens is 270 g/mol. The first kappa shape index (κ1) is 14.6. The second-order valence-electron chi connectivity index (χ2n) is 5.87. The van der Waals surface area contributed by atoms with Gasteiger partial charge in [0.15, 0.2) is 11.5 Å². The summed E-state index contributed by atoms with van der Waals surface area (Å²) in [6, 6.07) is 5.83. The van der Waals surface area contributed by atoms with Gasteiger partial charge in [-0.2, -0.15) is 0 Å². The number of aliphatic hydroxyl groups excluding tert-OH is 2. The van der Waals surface area contributed by atoms with Crippen LogP contribution in [0.1, 0.15) is 37.4 Å². The molecule has 3 atom stereocenters. The molecule has 2 aliphatic rings. The first-order chi connectivity index (χ1) is 10.3. The monoisotopic (exact) mass is 293 g/mol. The van der Waals surface area contributed by atoms with Gasteiger partial charge in [-0.25, -0.2) is 0 Å². The second-order valence-corrected chi connectivity index (χ2v) is 5.87. The van der Waals surface area contributed by atoms with E-state index < -0.39 is 6.10 Å². The van der Waals surface area contributed by atoms with E-state index in [0.29, 0.717) is 24.3 Å². The summed E-state index contributed by atoms with van der Waals surface area (Å²) in [7, 11) is 0. The lowest BCUT2D eigenvalue weighted by molar-refractivity contribution is 0.127. The Morgan fingerprint density at radius 2 is 2.00 bits per heavy atom. The van der Waals surface area contributed by atoms with Gasteiger partial charge in [0.2, 0.25) is 6.79 Å². The van der Waals surface area contributed by atoms with E-state index in [-0.39, 0.29) is 13.4 Å². The van der Waals surface area contributed by atoms with Gasteiger partial charge in [-0.3, -0.25) is 0 Å². The van der Waals surface area contributed by atoms with E-state index >= 15 is 0 Å².